The number of nitrogens with zero attached hydrogens (tertiary/aromatic N) is 3. The van der Waals surface area contributed by atoms with Crippen LogP contribution in [0.4, 0.5) is 4.39 Å². The summed E-state index contributed by atoms with van der Waals surface area (Å²) in [6.07, 6.45) is 7.01. The maximum absolute atomic E-state index is 13.9. The van der Waals surface area contributed by atoms with Gasteiger partial charge in [-0.05, 0) is 43.5 Å². The average Bonchev–Trinajstić information content (AvgIpc) is 3.19. The summed E-state index contributed by atoms with van der Waals surface area (Å²) in [5.41, 5.74) is 0.788. The smallest absolute Gasteiger partial charge is 0.255 e. The number of hydrogen-bond acceptors (Lipinski definition) is 4. The molecule has 0 spiro atoms. The van der Waals surface area contributed by atoms with Crippen molar-refractivity contribution in [1.29, 1.82) is 0 Å². The van der Waals surface area contributed by atoms with Gasteiger partial charge in [0, 0.05) is 31.9 Å². The Balaban J connectivity index is 1.51. The van der Waals surface area contributed by atoms with Crippen molar-refractivity contribution in [2.45, 2.75) is 31.6 Å². The Morgan fingerprint density at radius 2 is 2.11 bits per heavy atom. The second-order valence-corrected chi connectivity index (χ2v) is 7.53. The zero-order valence-corrected chi connectivity index (χ0v) is 15.8. The topological polar surface area (TPSA) is 59.2 Å². The van der Waals surface area contributed by atoms with Gasteiger partial charge in [0.05, 0.1) is 17.2 Å². The highest BCUT2D eigenvalue weighted by atomic mass is 19.1. The lowest BCUT2D eigenvalue weighted by molar-refractivity contribution is 0.0625. The molecule has 1 fully saturated rings. The molecule has 4 rings (SSSR count). The van der Waals surface area contributed by atoms with E-state index in [1.165, 1.54) is 6.07 Å². The zero-order valence-electron chi connectivity index (χ0n) is 15.8. The van der Waals surface area contributed by atoms with Gasteiger partial charge in [0.25, 0.3) is 5.91 Å². The molecule has 5 nitrogen and oxygen atoms in total. The van der Waals surface area contributed by atoms with E-state index < -0.39 is 0 Å². The van der Waals surface area contributed by atoms with Crippen LogP contribution in [-0.4, -0.2) is 33.9 Å². The Kier molecular flexibility index (Phi) is 4.94. The highest BCUT2D eigenvalue weighted by Gasteiger charge is 2.38. The SMILES string of the molecule is C[C@]1(c2ncc(Cc3ccccc3F)o2)CCCN(C(=O)c2cccnc2)C1. The molecule has 1 aliphatic heterocycles. The first-order valence-electron chi connectivity index (χ1n) is 9.43. The summed E-state index contributed by atoms with van der Waals surface area (Å²) in [7, 11) is 0. The summed E-state index contributed by atoms with van der Waals surface area (Å²) in [4.78, 5) is 23.1. The van der Waals surface area contributed by atoms with E-state index in [4.69, 9.17) is 4.42 Å². The van der Waals surface area contributed by atoms with Gasteiger partial charge in [0.2, 0.25) is 5.89 Å². The van der Waals surface area contributed by atoms with Crippen molar-refractivity contribution in [2.24, 2.45) is 0 Å². The van der Waals surface area contributed by atoms with Crippen LogP contribution in [0, 0.1) is 5.82 Å². The third kappa shape index (κ3) is 3.67. The monoisotopic (exact) mass is 379 g/mol. The summed E-state index contributed by atoms with van der Waals surface area (Å²) in [6.45, 7) is 3.29. The van der Waals surface area contributed by atoms with Gasteiger partial charge in [-0.25, -0.2) is 9.37 Å². The first kappa shape index (κ1) is 18.3. The van der Waals surface area contributed by atoms with Gasteiger partial charge in [-0.15, -0.1) is 0 Å². The number of aromatic nitrogens is 2. The minimum atomic E-state index is -0.371. The van der Waals surface area contributed by atoms with E-state index >= 15 is 0 Å². The van der Waals surface area contributed by atoms with E-state index in [0.717, 1.165) is 12.8 Å². The van der Waals surface area contributed by atoms with Crippen LogP contribution in [0.3, 0.4) is 0 Å². The lowest BCUT2D eigenvalue weighted by Gasteiger charge is -2.38. The number of likely N-dealkylation sites (tertiary alicyclic amines) is 1. The number of carbonyl (C=O) groups is 1. The van der Waals surface area contributed by atoms with Crippen LogP contribution in [0.25, 0.3) is 0 Å². The van der Waals surface area contributed by atoms with Crippen molar-refractivity contribution in [3.05, 3.63) is 83.6 Å². The van der Waals surface area contributed by atoms with Gasteiger partial charge in [-0.3, -0.25) is 9.78 Å². The maximum Gasteiger partial charge on any atom is 0.255 e. The van der Waals surface area contributed by atoms with E-state index in [1.54, 1.807) is 48.9 Å². The van der Waals surface area contributed by atoms with E-state index in [-0.39, 0.29) is 17.1 Å². The van der Waals surface area contributed by atoms with Crippen molar-refractivity contribution >= 4 is 5.91 Å². The van der Waals surface area contributed by atoms with Crippen LogP contribution < -0.4 is 0 Å². The van der Waals surface area contributed by atoms with Gasteiger partial charge in [-0.1, -0.05) is 18.2 Å². The van der Waals surface area contributed by atoms with Gasteiger partial charge >= 0.3 is 0 Å². The van der Waals surface area contributed by atoms with E-state index in [0.29, 0.717) is 42.3 Å². The highest BCUT2D eigenvalue weighted by Crippen LogP contribution is 2.34. The van der Waals surface area contributed by atoms with Crippen molar-refractivity contribution in [2.75, 3.05) is 13.1 Å². The van der Waals surface area contributed by atoms with Crippen LogP contribution >= 0.6 is 0 Å². The van der Waals surface area contributed by atoms with E-state index in [1.807, 2.05) is 4.90 Å². The first-order chi connectivity index (χ1) is 13.5. The number of hydrogen-bond donors (Lipinski definition) is 0. The molecular formula is C22H22FN3O2. The number of carbonyl (C=O) groups excluding carboxylic acids is 1. The van der Waals surface area contributed by atoms with Gasteiger partial charge in [0.15, 0.2) is 0 Å². The lowest BCUT2D eigenvalue weighted by atomic mass is 9.81. The fourth-order valence-electron chi connectivity index (χ4n) is 3.76. The Labute approximate surface area is 163 Å². The maximum atomic E-state index is 13.9. The molecule has 6 heteroatoms. The number of oxazole rings is 1. The summed E-state index contributed by atoms with van der Waals surface area (Å²) in [5, 5.41) is 0. The molecule has 1 aliphatic rings. The molecule has 28 heavy (non-hydrogen) atoms. The molecule has 2 aromatic heterocycles. The second kappa shape index (κ2) is 7.54. The molecule has 0 bridgehead atoms. The van der Waals surface area contributed by atoms with Crippen molar-refractivity contribution in [3.63, 3.8) is 0 Å². The molecule has 0 aliphatic carbocycles. The molecule has 0 radical (unpaired) electrons. The summed E-state index contributed by atoms with van der Waals surface area (Å²) in [6, 6.07) is 10.2. The van der Waals surface area contributed by atoms with E-state index in [9.17, 15) is 9.18 Å². The summed E-state index contributed by atoms with van der Waals surface area (Å²) in [5.74, 6) is 0.939. The first-order valence-corrected chi connectivity index (χ1v) is 9.43. The Bertz CT molecular complexity index is 973. The van der Waals surface area contributed by atoms with Crippen LogP contribution in [0.1, 0.15) is 47.3 Å². The molecule has 1 aromatic carbocycles. The Morgan fingerprint density at radius 1 is 1.25 bits per heavy atom. The molecule has 3 heterocycles. The summed E-state index contributed by atoms with van der Waals surface area (Å²) < 4.78 is 19.9. The van der Waals surface area contributed by atoms with Crippen molar-refractivity contribution in [3.8, 4) is 0 Å². The largest absolute Gasteiger partial charge is 0.445 e. The number of halogens is 1. The minimum absolute atomic E-state index is 0.0304. The molecule has 0 unspecified atom stereocenters. The molecule has 144 valence electrons. The van der Waals surface area contributed by atoms with Crippen molar-refractivity contribution in [1.82, 2.24) is 14.9 Å². The van der Waals surface area contributed by atoms with Crippen LogP contribution in [-0.2, 0) is 11.8 Å². The van der Waals surface area contributed by atoms with Gasteiger partial charge < -0.3 is 9.32 Å². The molecule has 1 atom stereocenters. The Morgan fingerprint density at radius 3 is 2.89 bits per heavy atom. The normalized spacial score (nSPS) is 19.6. The van der Waals surface area contributed by atoms with Crippen molar-refractivity contribution < 1.29 is 13.6 Å². The minimum Gasteiger partial charge on any atom is -0.445 e. The average molecular weight is 379 g/mol. The van der Waals surface area contributed by atoms with Crippen LogP contribution in [0.15, 0.2) is 59.4 Å². The standard InChI is InChI=1S/C22H22FN3O2/c1-22(9-5-11-26(15-22)20(27)17-7-4-10-24-13-17)21-25-14-18(28-21)12-16-6-2-3-8-19(16)23/h2-4,6-8,10,13-14H,5,9,11-12,15H2,1H3/t22-/m0/s1. The third-order valence-corrected chi connectivity index (χ3v) is 5.28. The summed E-state index contributed by atoms with van der Waals surface area (Å²) >= 11 is 0. The molecule has 3 aromatic rings. The highest BCUT2D eigenvalue weighted by molar-refractivity contribution is 5.94. The fraction of sp³-hybridized carbons (Fsp3) is 0.318. The third-order valence-electron chi connectivity index (χ3n) is 5.28. The number of amides is 1. The quantitative estimate of drug-likeness (QED) is 0.688. The number of rotatable bonds is 4. The van der Waals surface area contributed by atoms with Crippen LogP contribution in [0.2, 0.25) is 0 Å². The van der Waals surface area contributed by atoms with Gasteiger partial charge in [0.1, 0.15) is 11.6 Å². The molecule has 0 N–H and O–H groups in total. The van der Waals surface area contributed by atoms with Gasteiger partial charge in [-0.2, -0.15) is 0 Å². The second-order valence-electron chi connectivity index (χ2n) is 7.53. The molecular weight excluding hydrogens is 357 g/mol. The van der Waals surface area contributed by atoms with E-state index in [2.05, 4.69) is 16.9 Å². The molecule has 1 saturated heterocycles. The number of piperidine rings is 1. The van der Waals surface area contributed by atoms with Crippen LogP contribution in [0.5, 0.6) is 0 Å². The molecule has 0 saturated carbocycles. The fourth-order valence-corrected chi connectivity index (χ4v) is 3.76. The Hall–Kier alpha value is -3.02. The predicted molar refractivity (Wildman–Crippen MR) is 102 cm³/mol. The number of benzene rings is 1. The predicted octanol–water partition coefficient (Wildman–Crippen LogP) is 3.99. The zero-order chi connectivity index (χ0) is 19.6. The number of pyridine rings is 1. The lowest BCUT2D eigenvalue weighted by Crippen LogP contribution is -2.47. The molecule has 1 amide bonds.